The quantitative estimate of drug-likeness (QED) is 0.878. The van der Waals surface area contributed by atoms with E-state index < -0.39 is 0 Å². The molecule has 1 saturated carbocycles. The Bertz CT molecular complexity index is 575. The number of nitrogens with one attached hydrogen (secondary N) is 1. The fourth-order valence-corrected chi connectivity index (χ4v) is 2.94. The highest BCUT2D eigenvalue weighted by atomic mass is 32.2. The van der Waals surface area contributed by atoms with Crippen LogP contribution in [-0.2, 0) is 6.42 Å². The van der Waals surface area contributed by atoms with E-state index in [2.05, 4.69) is 39.6 Å². The molecule has 2 aromatic rings. The second-order valence-electron chi connectivity index (χ2n) is 5.10. The molecule has 1 N–H and O–H groups in total. The summed E-state index contributed by atoms with van der Waals surface area (Å²) in [5.41, 5.74) is 1.08. The molecule has 0 radical (unpaired) electrons. The lowest BCUT2D eigenvalue weighted by Gasteiger charge is -2.15. The Balaban J connectivity index is 1.85. The number of aromatic nitrogens is 4. The molecule has 102 valence electrons. The molecule has 19 heavy (non-hydrogen) atoms. The van der Waals surface area contributed by atoms with Crippen LogP contribution in [0.1, 0.15) is 31.9 Å². The van der Waals surface area contributed by atoms with Gasteiger partial charge in [0.15, 0.2) is 0 Å². The third kappa shape index (κ3) is 2.54. The molecule has 0 bridgehead atoms. The van der Waals surface area contributed by atoms with Crippen molar-refractivity contribution >= 4 is 23.4 Å². The zero-order valence-corrected chi connectivity index (χ0v) is 12.2. The monoisotopic (exact) mass is 277 g/mol. The Kier molecular flexibility index (Phi) is 3.35. The van der Waals surface area contributed by atoms with Crippen molar-refractivity contribution in [3.8, 4) is 0 Å². The third-order valence-corrected chi connectivity index (χ3v) is 5.06. The number of anilines is 1. The van der Waals surface area contributed by atoms with Gasteiger partial charge in [-0.25, -0.2) is 4.98 Å². The van der Waals surface area contributed by atoms with Crippen LogP contribution in [0.5, 0.6) is 0 Å². The van der Waals surface area contributed by atoms with Crippen LogP contribution in [0.2, 0.25) is 0 Å². The molecule has 3 rings (SSSR count). The molecular weight excluding hydrogens is 258 g/mol. The fraction of sp³-hybridized carbons (Fsp3) is 0.615. The number of fused-ring (bicyclic) bond motifs is 1. The second kappa shape index (κ2) is 5.00. The third-order valence-electron chi connectivity index (χ3n) is 3.64. The molecule has 6 heteroatoms. The van der Waals surface area contributed by atoms with Crippen LogP contribution in [0.15, 0.2) is 12.4 Å². The van der Waals surface area contributed by atoms with Crippen molar-refractivity contribution in [1.29, 1.82) is 0 Å². The summed E-state index contributed by atoms with van der Waals surface area (Å²) in [7, 11) is 0. The first kappa shape index (κ1) is 12.7. The maximum atomic E-state index is 4.51. The SMILES string of the molecule is CCCc1cc(NCC2(SC)CC2)n2ncnc2n1. The maximum Gasteiger partial charge on any atom is 0.254 e. The number of aryl methyl sites for hydroxylation is 1. The summed E-state index contributed by atoms with van der Waals surface area (Å²) in [5.74, 6) is 1.69. The first-order chi connectivity index (χ1) is 9.26. The van der Waals surface area contributed by atoms with Crippen molar-refractivity contribution in [3.05, 3.63) is 18.1 Å². The van der Waals surface area contributed by atoms with Crippen LogP contribution < -0.4 is 5.32 Å². The minimum atomic E-state index is 0.432. The summed E-state index contributed by atoms with van der Waals surface area (Å²) in [6, 6.07) is 2.10. The molecule has 1 fully saturated rings. The lowest BCUT2D eigenvalue weighted by atomic mass is 10.2. The standard InChI is InChI=1S/C13H19N5S/c1-3-4-10-7-11(14-8-13(19-2)5-6-13)18-12(17-10)15-9-16-18/h7,9,14H,3-6,8H2,1-2H3. The molecule has 2 aromatic heterocycles. The van der Waals surface area contributed by atoms with Gasteiger partial charge < -0.3 is 5.32 Å². The fourth-order valence-electron chi connectivity index (χ4n) is 2.22. The molecule has 0 aliphatic heterocycles. The van der Waals surface area contributed by atoms with Gasteiger partial charge in [-0.15, -0.1) is 0 Å². The largest absolute Gasteiger partial charge is 0.368 e. The van der Waals surface area contributed by atoms with Gasteiger partial charge in [0.2, 0.25) is 0 Å². The van der Waals surface area contributed by atoms with Crippen molar-refractivity contribution in [2.75, 3.05) is 18.1 Å². The lowest BCUT2D eigenvalue weighted by Crippen LogP contribution is -2.19. The van der Waals surface area contributed by atoms with Crippen molar-refractivity contribution in [2.45, 2.75) is 37.4 Å². The summed E-state index contributed by atoms with van der Waals surface area (Å²) < 4.78 is 2.22. The van der Waals surface area contributed by atoms with E-state index in [0.717, 1.165) is 30.9 Å². The number of hydrogen-bond donors (Lipinski definition) is 1. The maximum absolute atomic E-state index is 4.51. The van der Waals surface area contributed by atoms with Gasteiger partial charge in [-0.05, 0) is 25.5 Å². The van der Waals surface area contributed by atoms with E-state index in [0.29, 0.717) is 10.5 Å². The average molecular weight is 277 g/mol. The normalized spacial score (nSPS) is 16.7. The first-order valence-electron chi connectivity index (χ1n) is 6.75. The second-order valence-corrected chi connectivity index (χ2v) is 6.37. The molecule has 1 aliphatic rings. The van der Waals surface area contributed by atoms with Crippen molar-refractivity contribution in [1.82, 2.24) is 19.6 Å². The zero-order valence-electron chi connectivity index (χ0n) is 11.4. The van der Waals surface area contributed by atoms with Gasteiger partial charge in [0.1, 0.15) is 12.1 Å². The number of rotatable bonds is 6. The predicted molar refractivity (Wildman–Crippen MR) is 78.7 cm³/mol. The Morgan fingerprint density at radius 2 is 2.32 bits per heavy atom. The Morgan fingerprint density at radius 1 is 1.47 bits per heavy atom. The number of hydrogen-bond acceptors (Lipinski definition) is 5. The Hall–Kier alpha value is -1.30. The molecule has 0 aromatic carbocycles. The zero-order chi connectivity index (χ0) is 13.3. The van der Waals surface area contributed by atoms with Crippen molar-refractivity contribution < 1.29 is 0 Å². The Labute approximate surface area is 117 Å². The van der Waals surface area contributed by atoms with E-state index in [1.165, 1.54) is 12.8 Å². The van der Waals surface area contributed by atoms with Gasteiger partial charge in [-0.1, -0.05) is 13.3 Å². The molecule has 0 amide bonds. The summed E-state index contributed by atoms with van der Waals surface area (Å²) in [5, 5.41) is 7.77. The number of thioether (sulfide) groups is 1. The summed E-state index contributed by atoms with van der Waals surface area (Å²) in [6.45, 7) is 3.15. The highest BCUT2D eigenvalue weighted by Crippen LogP contribution is 2.47. The molecule has 1 aliphatic carbocycles. The number of nitrogens with zero attached hydrogens (tertiary/aromatic N) is 4. The molecule has 0 spiro atoms. The van der Waals surface area contributed by atoms with Crippen molar-refractivity contribution in [2.24, 2.45) is 0 Å². The van der Waals surface area contributed by atoms with Crippen molar-refractivity contribution in [3.63, 3.8) is 0 Å². The van der Waals surface area contributed by atoms with E-state index in [1.807, 2.05) is 11.8 Å². The van der Waals surface area contributed by atoms with Crippen LogP contribution >= 0.6 is 11.8 Å². The van der Waals surface area contributed by atoms with E-state index >= 15 is 0 Å². The van der Waals surface area contributed by atoms with Gasteiger partial charge >= 0.3 is 0 Å². The predicted octanol–water partition coefficient (Wildman–Crippen LogP) is 2.38. The highest BCUT2D eigenvalue weighted by molar-refractivity contribution is 8.00. The highest BCUT2D eigenvalue weighted by Gasteiger charge is 2.41. The van der Waals surface area contributed by atoms with E-state index in [-0.39, 0.29) is 0 Å². The van der Waals surface area contributed by atoms with Crippen LogP contribution in [0.3, 0.4) is 0 Å². The van der Waals surface area contributed by atoms with Crippen LogP contribution in [0.25, 0.3) is 5.78 Å². The van der Waals surface area contributed by atoms with Gasteiger partial charge in [0.25, 0.3) is 5.78 Å². The van der Waals surface area contributed by atoms with E-state index in [4.69, 9.17) is 0 Å². The molecular formula is C13H19N5S. The Morgan fingerprint density at radius 3 is 3.00 bits per heavy atom. The summed E-state index contributed by atoms with van der Waals surface area (Å²) >= 11 is 1.96. The summed E-state index contributed by atoms with van der Waals surface area (Å²) in [4.78, 5) is 8.71. The summed E-state index contributed by atoms with van der Waals surface area (Å²) in [6.07, 6.45) is 8.42. The van der Waals surface area contributed by atoms with Crippen LogP contribution in [0, 0.1) is 0 Å². The lowest BCUT2D eigenvalue weighted by molar-refractivity contribution is 0.846. The molecule has 0 atom stereocenters. The first-order valence-corrected chi connectivity index (χ1v) is 7.97. The smallest absolute Gasteiger partial charge is 0.254 e. The molecule has 0 saturated heterocycles. The van der Waals surface area contributed by atoms with Crippen LogP contribution in [-0.4, -0.2) is 37.1 Å². The van der Waals surface area contributed by atoms with Gasteiger partial charge in [-0.3, -0.25) is 0 Å². The van der Waals surface area contributed by atoms with Gasteiger partial charge in [0, 0.05) is 23.1 Å². The molecule has 0 unspecified atom stereocenters. The van der Waals surface area contributed by atoms with E-state index in [1.54, 1.807) is 10.8 Å². The average Bonchev–Trinajstić information content (AvgIpc) is 3.05. The van der Waals surface area contributed by atoms with Crippen LogP contribution in [0.4, 0.5) is 5.82 Å². The minimum Gasteiger partial charge on any atom is -0.368 e. The molecule has 5 nitrogen and oxygen atoms in total. The minimum absolute atomic E-state index is 0.432. The topological polar surface area (TPSA) is 55.1 Å². The van der Waals surface area contributed by atoms with Gasteiger partial charge in [0.05, 0.1) is 0 Å². The molecule has 2 heterocycles. The van der Waals surface area contributed by atoms with Gasteiger partial charge in [-0.2, -0.15) is 26.4 Å². The van der Waals surface area contributed by atoms with E-state index in [9.17, 15) is 0 Å².